The standard InChI is InChI=1S/C21H27Cl2N3O3S2/c1-4-12-31(28,29)26-10-8-21(9-11-26,17-7-5-6-14(2)24-17)15(3)25-20(27)16-13-18(22)30-19(16)23/h5-7,13,15H,4,8-12H2,1-3H3,(H,25,27)/t15-/m0/s1. The van der Waals surface area contributed by atoms with Crippen molar-refractivity contribution in [1.82, 2.24) is 14.6 Å². The first kappa shape index (κ1) is 24.5. The minimum absolute atomic E-state index is 0.145. The van der Waals surface area contributed by atoms with Gasteiger partial charge >= 0.3 is 0 Å². The lowest BCUT2D eigenvalue weighted by Crippen LogP contribution is -2.55. The number of carbonyl (C=O) groups excluding carboxylic acids is 1. The van der Waals surface area contributed by atoms with E-state index < -0.39 is 15.4 Å². The fourth-order valence-electron chi connectivity index (χ4n) is 4.19. The number of halogens is 2. The van der Waals surface area contributed by atoms with E-state index in [9.17, 15) is 13.2 Å². The normalized spacial score (nSPS) is 18.0. The number of aryl methyl sites for hydroxylation is 1. The van der Waals surface area contributed by atoms with Crippen LogP contribution in [-0.2, 0) is 15.4 Å². The number of nitrogens with zero attached hydrogens (tertiary/aromatic N) is 2. The second-order valence-electron chi connectivity index (χ2n) is 7.97. The molecule has 6 nitrogen and oxygen atoms in total. The Kier molecular flexibility index (Phi) is 7.69. The molecule has 10 heteroatoms. The molecule has 0 aromatic carbocycles. The molecular formula is C21H27Cl2N3O3S2. The quantitative estimate of drug-likeness (QED) is 0.596. The molecule has 170 valence electrons. The number of nitrogens with one attached hydrogen (secondary N) is 1. The van der Waals surface area contributed by atoms with E-state index in [1.807, 2.05) is 39.0 Å². The minimum Gasteiger partial charge on any atom is -0.349 e. The third-order valence-electron chi connectivity index (χ3n) is 5.95. The molecular weight excluding hydrogens is 477 g/mol. The van der Waals surface area contributed by atoms with Gasteiger partial charge in [0.2, 0.25) is 10.0 Å². The maximum atomic E-state index is 12.9. The molecule has 31 heavy (non-hydrogen) atoms. The van der Waals surface area contributed by atoms with Crippen molar-refractivity contribution in [2.45, 2.75) is 51.5 Å². The molecule has 1 aliphatic heterocycles. The van der Waals surface area contributed by atoms with Gasteiger partial charge in [0.1, 0.15) is 4.34 Å². The smallest absolute Gasteiger partial charge is 0.253 e. The van der Waals surface area contributed by atoms with Crippen molar-refractivity contribution in [2.75, 3.05) is 18.8 Å². The molecule has 3 rings (SSSR count). The van der Waals surface area contributed by atoms with Gasteiger partial charge in [0.25, 0.3) is 5.91 Å². The average molecular weight is 505 g/mol. The van der Waals surface area contributed by atoms with Gasteiger partial charge in [0.15, 0.2) is 0 Å². The monoisotopic (exact) mass is 503 g/mol. The fraction of sp³-hybridized carbons (Fsp3) is 0.524. The van der Waals surface area contributed by atoms with Crippen LogP contribution >= 0.6 is 34.5 Å². The first-order valence-corrected chi connectivity index (χ1v) is 13.4. The van der Waals surface area contributed by atoms with E-state index in [1.54, 1.807) is 10.4 Å². The molecule has 2 aromatic rings. The van der Waals surface area contributed by atoms with Crippen molar-refractivity contribution in [3.8, 4) is 0 Å². The van der Waals surface area contributed by atoms with E-state index in [0.29, 0.717) is 46.6 Å². The highest BCUT2D eigenvalue weighted by Gasteiger charge is 2.44. The summed E-state index contributed by atoms with van der Waals surface area (Å²) in [5, 5.41) is 3.07. The molecule has 0 radical (unpaired) electrons. The first-order chi connectivity index (χ1) is 14.6. The van der Waals surface area contributed by atoms with Gasteiger partial charge in [-0.15, -0.1) is 11.3 Å². The Labute approximate surface area is 198 Å². The largest absolute Gasteiger partial charge is 0.349 e. The molecule has 1 N–H and O–H groups in total. The molecule has 0 unspecified atom stereocenters. The van der Waals surface area contributed by atoms with Crippen molar-refractivity contribution in [3.63, 3.8) is 0 Å². The first-order valence-electron chi connectivity index (χ1n) is 10.3. The predicted octanol–water partition coefficient (Wildman–Crippen LogP) is 4.65. The number of rotatable bonds is 7. The number of sulfonamides is 1. The summed E-state index contributed by atoms with van der Waals surface area (Å²) in [5.74, 6) is -0.152. The van der Waals surface area contributed by atoms with Crippen LogP contribution in [0.3, 0.4) is 0 Å². The topological polar surface area (TPSA) is 79.4 Å². The second-order valence-corrected chi connectivity index (χ2v) is 12.3. The van der Waals surface area contributed by atoms with Gasteiger partial charge in [-0.2, -0.15) is 0 Å². The molecule has 0 aliphatic carbocycles. The van der Waals surface area contributed by atoms with E-state index in [0.717, 1.165) is 22.7 Å². The number of hydrogen-bond acceptors (Lipinski definition) is 5. The zero-order chi connectivity index (χ0) is 22.8. The van der Waals surface area contributed by atoms with E-state index >= 15 is 0 Å². The van der Waals surface area contributed by atoms with Crippen LogP contribution in [-0.4, -0.2) is 48.5 Å². The van der Waals surface area contributed by atoms with Gasteiger partial charge in [-0.05, 0) is 51.3 Å². The predicted molar refractivity (Wildman–Crippen MR) is 127 cm³/mol. The summed E-state index contributed by atoms with van der Waals surface area (Å²) in [5.41, 5.74) is 1.59. The van der Waals surface area contributed by atoms with Crippen LogP contribution in [0, 0.1) is 6.92 Å². The molecule has 0 bridgehead atoms. The lowest BCUT2D eigenvalue weighted by Gasteiger charge is -2.45. The number of amides is 1. The maximum Gasteiger partial charge on any atom is 0.253 e. The van der Waals surface area contributed by atoms with Crippen molar-refractivity contribution < 1.29 is 13.2 Å². The highest BCUT2D eigenvalue weighted by atomic mass is 35.5. The molecule has 0 saturated carbocycles. The number of carbonyl (C=O) groups is 1. The number of hydrogen-bond donors (Lipinski definition) is 1. The molecule has 3 heterocycles. The van der Waals surface area contributed by atoms with E-state index in [2.05, 4.69) is 5.32 Å². The van der Waals surface area contributed by atoms with Gasteiger partial charge in [0.05, 0.1) is 15.7 Å². The fourth-order valence-corrected chi connectivity index (χ4v) is 7.16. The molecule has 1 fully saturated rings. The Morgan fingerprint density at radius 1 is 1.32 bits per heavy atom. The molecule has 0 spiro atoms. The van der Waals surface area contributed by atoms with Gasteiger partial charge < -0.3 is 5.32 Å². The Morgan fingerprint density at radius 2 is 2.00 bits per heavy atom. The Hall–Kier alpha value is -1.19. The zero-order valence-electron chi connectivity index (χ0n) is 17.8. The average Bonchev–Trinajstić information content (AvgIpc) is 3.06. The van der Waals surface area contributed by atoms with Crippen LogP contribution in [0.1, 0.15) is 54.9 Å². The van der Waals surface area contributed by atoms with Crippen LogP contribution in [0.2, 0.25) is 8.67 Å². The summed E-state index contributed by atoms with van der Waals surface area (Å²) in [7, 11) is -3.27. The summed E-state index contributed by atoms with van der Waals surface area (Å²) in [4.78, 5) is 17.7. The molecule has 1 aliphatic rings. The highest BCUT2D eigenvalue weighted by molar-refractivity contribution is 7.89. The van der Waals surface area contributed by atoms with Crippen LogP contribution < -0.4 is 5.32 Å². The van der Waals surface area contributed by atoms with Crippen LogP contribution in [0.5, 0.6) is 0 Å². The maximum absolute atomic E-state index is 12.9. The minimum atomic E-state index is -3.27. The third kappa shape index (κ3) is 5.25. The molecule has 1 saturated heterocycles. The van der Waals surface area contributed by atoms with Gasteiger partial charge in [-0.3, -0.25) is 9.78 Å². The van der Waals surface area contributed by atoms with Crippen molar-refractivity contribution in [2.24, 2.45) is 0 Å². The number of piperidine rings is 1. The SMILES string of the molecule is CCCS(=O)(=O)N1CCC(c2cccc(C)n2)([C@H](C)NC(=O)c2cc(Cl)sc2Cl)CC1. The molecule has 1 atom stereocenters. The zero-order valence-corrected chi connectivity index (χ0v) is 21.0. The summed E-state index contributed by atoms with van der Waals surface area (Å²) in [6.45, 7) is 6.52. The second kappa shape index (κ2) is 9.75. The molecule has 2 aromatic heterocycles. The van der Waals surface area contributed by atoms with E-state index in [-0.39, 0.29) is 17.7 Å². The summed E-state index contributed by atoms with van der Waals surface area (Å²) in [6, 6.07) is 7.10. The molecule has 1 amide bonds. The van der Waals surface area contributed by atoms with Crippen molar-refractivity contribution in [3.05, 3.63) is 49.9 Å². The van der Waals surface area contributed by atoms with Crippen molar-refractivity contribution >= 4 is 50.5 Å². The van der Waals surface area contributed by atoms with Gasteiger partial charge in [-0.25, -0.2) is 12.7 Å². The Bertz CT molecular complexity index is 1050. The van der Waals surface area contributed by atoms with Gasteiger partial charge in [-0.1, -0.05) is 36.2 Å². The lowest BCUT2D eigenvalue weighted by molar-refractivity contribution is 0.0893. The van der Waals surface area contributed by atoms with E-state index in [4.69, 9.17) is 28.2 Å². The summed E-state index contributed by atoms with van der Waals surface area (Å²) >= 11 is 13.3. The van der Waals surface area contributed by atoms with Crippen LogP contribution in [0.25, 0.3) is 0 Å². The highest BCUT2D eigenvalue weighted by Crippen LogP contribution is 2.39. The summed E-state index contributed by atoms with van der Waals surface area (Å²) in [6.07, 6.45) is 1.71. The third-order valence-corrected chi connectivity index (χ3v) is 9.51. The number of aromatic nitrogens is 1. The number of pyridine rings is 1. The van der Waals surface area contributed by atoms with Crippen LogP contribution in [0.15, 0.2) is 24.3 Å². The Morgan fingerprint density at radius 3 is 2.55 bits per heavy atom. The summed E-state index contributed by atoms with van der Waals surface area (Å²) < 4.78 is 27.5. The van der Waals surface area contributed by atoms with Crippen LogP contribution in [0.4, 0.5) is 0 Å². The van der Waals surface area contributed by atoms with Crippen molar-refractivity contribution in [1.29, 1.82) is 0 Å². The lowest BCUT2D eigenvalue weighted by atomic mass is 9.70. The van der Waals surface area contributed by atoms with Gasteiger partial charge in [0, 0.05) is 35.9 Å². The Balaban J connectivity index is 1.89. The van der Waals surface area contributed by atoms with E-state index in [1.165, 1.54) is 0 Å². The number of thiophene rings is 1.